The molecule has 0 aliphatic heterocycles. The molecule has 0 aromatic heterocycles. The lowest BCUT2D eigenvalue weighted by Crippen LogP contribution is -2.28. The van der Waals surface area contributed by atoms with Crippen molar-refractivity contribution in [2.45, 2.75) is 6.92 Å². The van der Waals surface area contributed by atoms with Gasteiger partial charge in [0.25, 0.3) is 0 Å². The fraction of sp³-hybridized carbons (Fsp3) is 0.214. The van der Waals surface area contributed by atoms with Gasteiger partial charge in [-0.1, -0.05) is 24.8 Å². The first-order chi connectivity index (χ1) is 8.63. The number of hydrogen-bond acceptors (Lipinski definition) is 2. The Bertz CT molecular complexity index is 443. The summed E-state index contributed by atoms with van der Waals surface area (Å²) in [4.78, 5) is 0. The molecule has 0 fully saturated rings. The summed E-state index contributed by atoms with van der Waals surface area (Å²) >= 11 is 5.15. The highest BCUT2D eigenvalue weighted by molar-refractivity contribution is 7.80. The molecular formula is C14H18N2OS. The van der Waals surface area contributed by atoms with Gasteiger partial charge in [0.05, 0.1) is 5.69 Å². The number of nitrogens with one attached hydrogen (secondary N) is 2. The van der Waals surface area contributed by atoms with E-state index in [1.165, 1.54) is 0 Å². The zero-order valence-corrected chi connectivity index (χ0v) is 11.3. The molecule has 0 aliphatic carbocycles. The highest BCUT2D eigenvalue weighted by atomic mass is 32.1. The summed E-state index contributed by atoms with van der Waals surface area (Å²) in [6.45, 7) is 10.5. The fourth-order valence-corrected chi connectivity index (χ4v) is 1.42. The van der Waals surface area contributed by atoms with E-state index in [-0.39, 0.29) is 0 Å². The van der Waals surface area contributed by atoms with Crippen LogP contribution in [0.5, 0.6) is 5.75 Å². The van der Waals surface area contributed by atoms with Gasteiger partial charge in [-0.05, 0) is 36.8 Å². The van der Waals surface area contributed by atoms with Crippen LogP contribution in [0.15, 0.2) is 49.1 Å². The molecule has 2 N–H and O–H groups in total. The summed E-state index contributed by atoms with van der Waals surface area (Å²) in [6.07, 6.45) is 1.75. The number of para-hydroxylation sites is 2. The third-order valence-electron chi connectivity index (χ3n) is 2.02. The number of hydrogen-bond donors (Lipinski definition) is 2. The van der Waals surface area contributed by atoms with E-state index in [4.69, 9.17) is 17.0 Å². The largest absolute Gasteiger partial charge is 0.487 e. The maximum absolute atomic E-state index is 5.63. The summed E-state index contributed by atoms with van der Waals surface area (Å²) in [7, 11) is 0. The predicted molar refractivity (Wildman–Crippen MR) is 81.2 cm³/mol. The molecule has 4 heteroatoms. The van der Waals surface area contributed by atoms with Crippen molar-refractivity contribution >= 4 is 23.0 Å². The second-order valence-corrected chi connectivity index (χ2v) is 4.27. The maximum Gasteiger partial charge on any atom is 0.171 e. The number of ether oxygens (including phenoxy) is 1. The quantitative estimate of drug-likeness (QED) is 0.609. The molecule has 0 heterocycles. The highest BCUT2D eigenvalue weighted by Gasteiger charge is 2.04. The molecule has 18 heavy (non-hydrogen) atoms. The van der Waals surface area contributed by atoms with Crippen molar-refractivity contribution in [1.29, 1.82) is 0 Å². The van der Waals surface area contributed by atoms with Gasteiger partial charge in [0.15, 0.2) is 5.11 Å². The van der Waals surface area contributed by atoms with Gasteiger partial charge in [-0.2, -0.15) is 0 Å². The predicted octanol–water partition coefficient (Wildman–Crippen LogP) is 3.11. The molecule has 0 saturated heterocycles. The molecule has 1 aromatic carbocycles. The first-order valence-electron chi connectivity index (χ1n) is 5.65. The zero-order chi connectivity index (χ0) is 13.4. The van der Waals surface area contributed by atoms with Crippen molar-refractivity contribution in [3.8, 4) is 5.75 Å². The van der Waals surface area contributed by atoms with Crippen molar-refractivity contribution in [2.24, 2.45) is 0 Å². The Kier molecular flexibility index (Phi) is 5.94. The standard InChI is InChI=1S/C14H18N2OS/c1-4-9-15-14(18)16-12-7-5-6-8-13(12)17-10-11(2)3/h4-8H,1-2,9-10H2,3H3,(H2,15,16,18). The molecule has 0 unspecified atom stereocenters. The van der Waals surface area contributed by atoms with E-state index in [1.807, 2.05) is 31.2 Å². The van der Waals surface area contributed by atoms with E-state index in [0.717, 1.165) is 17.0 Å². The molecule has 0 amide bonds. The van der Waals surface area contributed by atoms with Gasteiger partial charge in [0.1, 0.15) is 12.4 Å². The second-order valence-electron chi connectivity index (χ2n) is 3.87. The highest BCUT2D eigenvalue weighted by Crippen LogP contribution is 2.23. The van der Waals surface area contributed by atoms with E-state index in [1.54, 1.807) is 6.08 Å². The number of anilines is 1. The zero-order valence-electron chi connectivity index (χ0n) is 10.5. The summed E-state index contributed by atoms with van der Waals surface area (Å²) in [5.41, 5.74) is 1.80. The topological polar surface area (TPSA) is 33.3 Å². The minimum Gasteiger partial charge on any atom is -0.487 e. The van der Waals surface area contributed by atoms with E-state index in [2.05, 4.69) is 23.8 Å². The molecule has 0 aliphatic rings. The molecule has 1 aromatic rings. The smallest absolute Gasteiger partial charge is 0.171 e. The van der Waals surface area contributed by atoms with Crippen molar-refractivity contribution in [3.63, 3.8) is 0 Å². The third kappa shape index (κ3) is 5.01. The second kappa shape index (κ2) is 7.50. The Morgan fingerprint density at radius 2 is 2.17 bits per heavy atom. The van der Waals surface area contributed by atoms with Crippen LogP contribution in [0, 0.1) is 0 Å². The number of thiocarbonyl (C=S) groups is 1. The van der Waals surface area contributed by atoms with Crippen molar-refractivity contribution < 1.29 is 4.74 Å². The molecule has 3 nitrogen and oxygen atoms in total. The number of benzene rings is 1. The molecule has 96 valence electrons. The van der Waals surface area contributed by atoms with Crippen molar-refractivity contribution in [2.75, 3.05) is 18.5 Å². The lowest BCUT2D eigenvalue weighted by molar-refractivity contribution is 0.354. The molecule has 0 atom stereocenters. The van der Waals surface area contributed by atoms with Crippen LogP contribution in [0.3, 0.4) is 0 Å². The third-order valence-corrected chi connectivity index (χ3v) is 2.26. The Morgan fingerprint density at radius 1 is 1.44 bits per heavy atom. The Morgan fingerprint density at radius 3 is 2.83 bits per heavy atom. The Hall–Kier alpha value is -1.81. The van der Waals surface area contributed by atoms with Crippen LogP contribution < -0.4 is 15.4 Å². The van der Waals surface area contributed by atoms with E-state index in [0.29, 0.717) is 18.3 Å². The average Bonchev–Trinajstić information content (AvgIpc) is 2.35. The summed E-state index contributed by atoms with van der Waals surface area (Å²) in [6, 6.07) is 7.64. The Labute approximate surface area is 114 Å². The molecule has 1 rings (SSSR count). The van der Waals surface area contributed by atoms with Crippen LogP contribution in [-0.4, -0.2) is 18.3 Å². The number of rotatable bonds is 6. The SMILES string of the molecule is C=CCNC(=S)Nc1ccccc1OCC(=C)C. The van der Waals surface area contributed by atoms with Crippen LogP contribution in [0.25, 0.3) is 0 Å². The lowest BCUT2D eigenvalue weighted by Gasteiger charge is -2.14. The van der Waals surface area contributed by atoms with Gasteiger partial charge >= 0.3 is 0 Å². The molecular weight excluding hydrogens is 244 g/mol. The lowest BCUT2D eigenvalue weighted by atomic mass is 10.3. The van der Waals surface area contributed by atoms with Crippen molar-refractivity contribution in [1.82, 2.24) is 5.32 Å². The molecule has 0 bridgehead atoms. The van der Waals surface area contributed by atoms with E-state index < -0.39 is 0 Å². The minimum atomic E-state index is 0.492. The minimum absolute atomic E-state index is 0.492. The van der Waals surface area contributed by atoms with Gasteiger partial charge < -0.3 is 15.4 Å². The van der Waals surface area contributed by atoms with Gasteiger partial charge in [-0.15, -0.1) is 6.58 Å². The summed E-state index contributed by atoms with van der Waals surface area (Å²) in [5.74, 6) is 0.753. The van der Waals surface area contributed by atoms with Crippen LogP contribution in [0.4, 0.5) is 5.69 Å². The summed E-state index contributed by atoms with van der Waals surface area (Å²) in [5, 5.41) is 6.63. The van der Waals surface area contributed by atoms with Crippen LogP contribution in [0.1, 0.15) is 6.92 Å². The molecule has 0 saturated carbocycles. The molecule has 0 spiro atoms. The monoisotopic (exact) mass is 262 g/mol. The molecule has 0 radical (unpaired) electrons. The van der Waals surface area contributed by atoms with Gasteiger partial charge in [-0.3, -0.25) is 0 Å². The van der Waals surface area contributed by atoms with Gasteiger partial charge in [0.2, 0.25) is 0 Å². The first kappa shape index (κ1) is 14.3. The fourth-order valence-electron chi connectivity index (χ4n) is 1.23. The van der Waals surface area contributed by atoms with Crippen LogP contribution in [-0.2, 0) is 0 Å². The van der Waals surface area contributed by atoms with Gasteiger partial charge in [0, 0.05) is 6.54 Å². The average molecular weight is 262 g/mol. The summed E-state index contributed by atoms with van der Waals surface area (Å²) < 4.78 is 5.63. The van der Waals surface area contributed by atoms with Gasteiger partial charge in [-0.25, -0.2) is 0 Å². The Balaban J connectivity index is 2.66. The van der Waals surface area contributed by atoms with E-state index in [9.17, 15) is 0 Å². The first-order valence-corrected chi connectivity index (χ1v) is 6.06. The van der Waals surface area contributed by atoms with Crippen LogP contribution >= 0.6 is 12.2 Å². The normalized spacial score (nSPS) is 9.39. The van der Waals surface area contributed by atoms with E-state index >= 15 is 0 Å². The van der Waals surface area contributed by atoms with Crippen molar-refractivity contribution in [3.05, 3.63) is 49.1 Å². The maximum atomic E-state index is 5.63. The van der Waals surface area contributed by atoms with Crippen LogP contribution in [0.2, 0.25) is 0 Å².